The topological polar surface area (TPSA) is 51.1 Å². The number of fused-ring (bicyclic) bond motifs is 1. The number of thioether (sulfide) groups is 1. The van der Waals surface area contributed by atoms with Gasteiger partial charge in [-0.3, -0.25) is 0 Å². The van der Waals surface area contributed by atoms with Crippen LogP contribution in [0.1, 0.15) is 31.0 Å². The van der Waals surface area contributed by atoms with Gasteiger partial charge in [-0.15, -0.1) is 0 Å². The van der Waals surface area contributed by atoms with Crippen molar-refractivity contribution in [1.29, 1.82) is 0 Å². The molecule has 0 radical (unpaired) electrons. The number of carbonyl (C=O) groups is 1. The molecule has 0 N–H and O–H groups in total. The van der Waals surface area contributed by atoms with Crippen LogP contribution in [0.5, 0.6) is 5.75 Å². The number of para-hydroxylation sites is 1. The molecule has 2 aliphatic heterocycles. The van der Waals surface area contributed by atoms with Crippen LogP contribution in [0.2, 0.25) is 10.0 Å². The average Bonchev–Trinajstić information content (AvgIpc) is 3.20. The lowest BCUT2D eigenvalue weighted by Crippen LogP contribution is -2.34. The lowest BCUT2D eigenvalue weighted by Gasteiger charge is -2.34. The largest absolute Gasteiger partial charge is 0.488 e. The lowest BCUT2D eigenvalue weighted by molar-refractivity contribution is -0.139. The van der Waals surface area contributed by atoms with Gasteiger partial charge in [-0.05, 0) is 37.5 Å². The summed E-state index contributed by atoms with van der Waals surface area (Å²) in [7, 11) is 0. The molecule has 2 aliphatic rings. The van der Waals surface area contributed by atoms with Crippen LogP contribution >= 0.6 is 35.0 Å². The average molecular weight is 475 g/mol. The Morgan fingerprint density at radius 3 is 2.81 bits per heavy atom. The summed E-state index contributed by atoms with van der Waals surface area (Å²) in [4.78, 5) is 19.4. The molecule has 1 atom stereocenters. The van der Waals surface area contributed by atoms with Crippen LogP contribution in [0, 0.1) is 0 Å². The summed E-state index contributed by atoms with van der Waals surface area (Å²) in [5.41, 5.74) is 2.80. The molecule has 4 rings (SSSR count). The molecule has 0 amide bonds. The Balaban J connectivity index is 1.71. The maximum absolute atomic E-state index is 12.9. The Bertz CT molecular complexity index is 1110. The lowest BCUT2D eigenvalue weighted by atomic mass is 9.94. The predicted octanol–water partition coefficient (Wildman–Crippen LogP) is 6.34. The van der Waals surface area contributed by atoms with E-state index >= 15 is 0 Å². The van der Waals surface area contributed by atoms with Gasteiger partial charge in [-0.2, -0.15) is 0 Å². The second kappa shape index (κ2) is 9.39. The van der Waals surface area contributed by atoms with Crippen LogP contribution in [0.4, 0.5) is 0 Å². The standard InChI is InChI=1S/C23H20Cl2N2O3S/c1-3-29-22(28)20-14(2)26-23-27(10-11-31-23)21(20)17-6-4-5-7-19(17)30-13-15-8-9-16(24)12-18(15)25/h4-12,21H,3,13H2,1-2H3. The Hall–Kier alpha value is -2.41. The van der Waals surface area contributed by atoms with E-state index in [1.54, 1.807) is 19.1 Å². The van der Waals surface area contributed by atoms with E-state index in [1.165, 1.54) is 11.8 Å². The van der Waals surface area contributed by atoms with Crippen molar-refractivity contribution < 1.29 is 14.3 Å². The van der Waals surface area contributed by atoms with E-state index in [4.69, 9.17) is 32.7 Å². The highest BCUT2D eigenvalue weighted by Gasteiger charge is 2.38. The Morgan fingerprint density at radius 1 is 1.23 bits per heavy atom. The summed E-state index contributed by atoms with van der Waals surface area (Å²) in [6.07, 6.45) is 1.92. The molecule has 0 fully saturated rings. The SMILES string of the molecule is CCOC(=O)C1=C(C)N=C2SC=CN2C1c1ccccc1OCc1ccc(Cl)cc1Cl. The number of allylic oxidation sites excluding steroid dienone is 1. The van der Waals surface area contributed by atoms with Crippen molar-refractivity contribution in [2.75, 3.05) is 6.61 Å². The molecular weight excluding hydrogens is 455 g/mol. The monoisotopic (exact) mass is 474 g/mol. The molecule has 0 saturated heterocycles. The number of carbonyl (C=O) groups excluding carboxylic acids is 1. The maximum atomic E-state index is 12.9. The van der Waals surface area contributed by atoms with Gasteiger partial charge in [0.2, 0.25) is 0 Å². The number of benzene rings is 2. The fraction of sp³-hybridized carbons (Fsp3) is 0.217. The van der Waals surface area contributed by atoms with Gasteiger partial charge in [-0.1, -0.05) is 59.2 Å². The summed E-state index contributed by atoms with van der Waals surface area (Å²) < 4.78 is 11.5. The molecule has 160 valence electrons. The van der Waals surface area contributed by atoms with Crippen LogP contribution in [-0.4, -0.2) is 22.6 Å². The quantitative estimate of drug-likeness (QED) is 0.457. The van der Waals surface area contributed by atoms with Crippen LogP contribution in [0.25, 0.3) is 0 Å². The van der Waals surface area contributed by atoms with Gasteiger partial charge in [-0.25, -0.2) is 9.79 Å². The molecule has 2 heterocycles. The number of hydrogen-bond donors (Lipinski definition) is 0. The third kappa shape index (κ3) is 4.47. The highest BCUT2D eigenvalue weighted by Crippen LogP contribution is 2.44. The molecule has 2 aromatic carbocycles. The van der Waals surface area contributed by atoms with Gasteiger partial charge in [0.05, 0.1) is 23.9 Å². The van der Waals surface area contributed by atoms with Crippen molar-refractivity contribution in [3.8, 4) is 5.75 Å². The summed E-state index contributed by atoms with van der Waals surface area (Å²) in [5, 5.41) is 3.87. The van der Waals surface area contributed by atoms with E-state index in [1.807, 2.05) is 53.8 Å². The summed E-state index contributed by atoms with van der Waals surface area (Å²) in [6.45, 7) is 4.18. The second-order valence-electron chi connectivity index (χ2n) is 6.89. The van der Waals surface area contributed by atoms with Gasteiger partial charge in [0.15, 0.2) is 5.17 Å². The summed E-state index contributed by atoms with van der Waals surface area (Å²) in [5.74, 6) is 0.272. The molecule has 0 spiro atoms. The number of hydrogen-bond acceptors (Lipinski definition) is 6. The van der Waals surface area contributed by atoms with Gasteiger partial charge < -0.3 is 14.4 Å². The third-order valence-electron chi connectivity index (χ3n) is 4.93. The first kappa shape index (κ1) is 21.8. The zero-order valence-electron chi connectivity index (χ0n) is 17.0. The van der Waals surface area contributed by atoms with E-state index in [-0.39, 0.29) is 19.2 Å². The Labute approximate surface area is 195 Å². The minimum Gasteiger partial charge on any atom is -0.488 e. The molecule has 5 nitrogen and oxygen atoms in total. The first-order chi connectivity index (χ1) is 15.0. The maximum Gasteiger partial charge on any atom is 0.338 e. The number of ether oxygens (including phenoxy) is 2. The van der Waals surface area contributed by atoms with E-state index < -0.39 is 6.04 Å². The van der Waals surface area contributed by atoms with Crippen molar-refractivity contribution in [2.45, 2.75) is 26.5 Å². The van der Waals surface area contributed by atoms with E-state index in [9.17, 15) is 4.79 Å². The zero-order chi connectivity index (χ0) is 22.0. The Morgan fingerprint density at radius 2 is 2.03 bits per heavy atom. The van der Waals surface area contributed by atoms with Crippen molar-refractivity contribution in [3.05, 3.63) is 86.5 Å². The molecule has 2 aromatic rings. The summed E-state index contributed by atoms with van der Waals surface area (Å²) in [6, 6.07) is 12.6. The van der Waals surface area contributed by atoms with Crippen molar-refractivity contribution >= 4 is 46.1 Å². The molecule has 0 aromatic heterocycles. The number of rotatable bonds is 6. The van der Waals surface area contributed by atoms with Gasteiger partial charge in [0.25, 0.3) is 0 Å². The highest BCUT2D eigenvalue weighted by atomic mass is 35.5. The molecule has 0 saturated carbocycles. The van der Waals surface area contributed by atoms with Gasteiger partial charge in [0, 0.05) is 27.4 Å². The number of halogens is 2. The van der Waals surface area contributed by atoms with E-state index in [2.05, 4.69) is 4.99 Å². The number of amidine groups is 1. The van der Waals surface area contributed by atoms with Crippen LogP contribution in [0.15, 0.2) is 70.3 Å². The van der Waals surface area contributed by atoms with Crippen LogP contribution < -0.4 is 4.74 Å². The molecule has 0 aliphatic carbocycles. The van der Waals surface area contributed by atoms with Gasteiger partial charge >= 0.3 is 5.97 Å². The number of esters is 1. The van der Waals surface area contributed by atoms with Crippen molar-refractivity contribution in [1.82, 2.24) is 4.90 Å². The minimum absolute atomic E-state index is 0.267. The fourth-order valence-corrected chi connectivity index (χ4v) is 4.76. The van der Waals surface area contributed by atoms with E-state index in [0.29, 0.717) is 27.1 Å². The molecule has 31 heavy (non-hydrogen) atoms. The Kier molecular flexibility index (Phi) is 6.60. The fourth-order valence-electron chi connectivity index (χ4n) is 3.51. The molecular formula is C23H20Cl2N2O3S. The number of aliphatic imine (C=N–C) groups is 1. The normalized spacial score (nSPS) is 17.5. The second-order valence-corrected chi connectivity index (χ2v) is 8.61. The minimum atomic E-state index is -0.408. The van der Waals surface area contributed by atoms with Crippen LogP contribution in [-0.2, 0) is 16.1 Å². The molecule has 8 heteroatoms. The number of nitrogens with zero attached hydrogens (tertiary/aromatic N) is 2. The van der Waals surface area contributed by atoms with Gasteiger partial charge in [0.1, 0.15) is 12.4 Å². The third-order valence-corrected chi connectivity index (χ3v) is 6.29. The van der Waals surface area contributed by atoms with Crippen LogP contribution in [0.3, 0.4) is 0 Å². The predicted molar refractivity (Wildman–Crippen MR) is 125 cm³/mol. The first-order valence-corrected chi connectivity index (χ1v) is 11.4. The van der Waals surface area contributed by atoms with Crippen molar-refractivity contribution in [2.24, 2.45) is 4.99 Å². The molecule has 1 unspecified atom stereocenters. The smallest absolute Gasteiger partial charge is 0.338 e. The molecule has 0 bridgehead atoms. The zero-order valence-corrected chi connectivity index (χ0v) is 19.3. The van der Waals surface area contributed by atoms with Crippen molar-refractivity contribution in [3.63, 3.8) is 0 Å². The first-order valence-electron chi connectivity index (χ1n) is 9.73. The summed E-state index contributed by atoms with van der Waals surface area (Å²) >= 11 is 13.8. The highest BCUT2D eigenvalue weighted by molar-refractivity contribution is 8.16. The van der Waals surface area contributed by atoms with E-state index in [0.717, 1.165) is 16.3 Å².